The Morgan fingerprint density at radius 3 is 2.42 bits per heavy atom. The molecule has 1 aromatic rings. The fourth-order valence-electron chi connectivity index (χ4n) is 1.51. The first kappa shape index (κ1) is 15.4. The molecule has 0 aliphatic carbocycles. The van der Waals surface area contributed by atoms with Crippen LogP contribution in [0.1, 0.15) is 26.3 Å². The summed E-state index contributed by atoms with van der Waals surface area (Å²) in [6, 6.07) is 6.05. The lowest BCUT2D eigenvalue weighted by Crippen LogP contribution is -2.30. The molecule has 0 heterocycles. The number of nitrogens with one attached hydrogen (secondary N) is 1. The van der Waals surface area contributed by atoms with Gasteiger partial charge in [-0.15, -0.1) is 0 Å². The molecule has 0 bridgehead atoms. The molecule has 0 unspecified atom stereocenters. The van der Waals surface area contributed by atoms with Gasteiger partial charge in [0.05, 0.1) is 4.90 Å². The van der Waals surface area contributed by atoms with Crippen LogP contribution < -0.4 is 4.72 Å². The van der Waals surface area contributed by atoms with Crippen molar-refractivity contribution >= 4 is 22.1 Å². The zero-order valence-electron chi connectivity index (χ0n) is 11.0. The van der Waals surface area contributed by atoms with Gasteiger partial charge in [-0.3, -0.25) is 0 Å². The van der Waals surface area contributed by atoms with Crippen LogP contribution in [0.5, 0.6) is 0 Å². The summed E-state index contributed by atoms with van der Waals surface area (Å²) in [6.07, 6.45) is 1.34. The second-order valence-electron chi connectivity index (χ2n) is 4.45. The molecule has 0 saturated heterocycles. The average molecular weight is 283 g/mol. The summed E-state index contributed by atoms with van der Waals surface area (Å²) in [5, 5.41) is 8.85. The first-order chi connectivity index (χ1) is 8.74. The average Bonchev–Trinajstić information content (AvgIpc) is 2.27. The number of carboxylic acids is 1. The number of aliphatic carboxylic acids is 1. The highest BCUT2D eigenvalue weighted by atomic mass is 32.2. The molecule has 0 aliphatic rings. The predicted octanol–water partition coefficient (Wildman–Crippen LogP) is 1.86. The zero-order chi connectivity index (χ0) is 14.6. The van der Waals surface area contributed by atoms with Crippen LogP contribution in [-0.4, -0.2) is 25.5 Å². The zero-order valence-corrected chi connectivity index (χ0v) is 11.9. The van der Waals surface area contributed by atoms with Crippen molar-refractivity contribution in [3.63, 3.8) is 0 Å². The lowest BCUT2D eigenvalue weighted by atomic mass is 10.1. The van der Waals surface area contributed by atoms with E-state index in [1.165, 1.54) is 19.1 Å². The summed E-state index contributed by atoms with van der Waals surface area (Å²) in [4.78, 5) is 10.9. The Morgan fingerprint density at radius 1 is 1.32 bits per heavy atom. The Hall–Kier alpha value is -1.66. The lowest BCUT2D eigenvalue weighted by Gasteiger charge is -2.11. The third-order valence-corrected chi connectivity index (χ3v) is 4.04. The van der Waals surface area contributed by atoms with Crippen molar-refractivity contribution < 1.29 is 18.3 Å². The molecular formula is C13H17NO4S. The molecule has 1 aromatic carbocycles. The fourth-order valence-corrected chi connectivity index (χ4v) is 2.96. The molecule has 0 amide bonds. The quantitative estimate of drug-likeness (QED) is 0.808. The monoisotopic (exact) mass is 283 g/mol. The second-order valence-corrected chi connectivity index (χ2v) is 6.13. The van der Waals surface area contributed by atoms with Gasteiger partial charge in [-0.05, 0) is 38.5 Å². The van der Waals surface area contributed by atoms with E-state index >= 15 is 0 Å². The molecule has 0 saturated carbocycles. The summed E-state index contributed by atoms with van der Waals surface area (Å²) in [5.41, 5.74) is 0.433. The maximum atomic E-state index is 12.1. The first-order valence-electron chi connectivity index (χ1n) is 5.77. The van der Waals surface area contributed by atoms with Crippen LogP contribution in [0.2, 0.25) is 0 Å². The second kappa shape index (κ2) is 5.99. The molecule has 5 nitrogen and oxygen atoms in total. The predicted molar refractivity (Wildman–Crippen MR) is 73.2 cm³/mol. The molecule has 6 heteroatoms. The number of carboxylic acid groups (broad SMARTS) is 1. The Morgan fingerprint density at radius 2 is 1.89 bits per heavy atom. The van der Waals surface area contributed by atoms with Crippen LogP contribution in [0.4, 0.5) is 0 Å². The summed E-state index contributed by atoms with van der Waals surface area (Å²) < 4.78 is 26.7. The molecular weight excluding hydrogens is 266 g/mol. The molecule has 0 radical (unpaired) electrons. The van der Waals surface area contributed by atoms with Gasteiger partial charge in [0.25, 0.3) is 0 Å². The van der Waals surface area contributed by atoms with Crippen LogP contribution in [0, 0.1) is 0 Å². The highest BCUT2D eigenvalue weighted by Gasteiger charge is 2.18. The van der Waals surface area contributed by atoms with Crippen molar-refractivity contribution in [2.24, 2.45) is 0 Å². The van der Waals surface area contributed by atoms with E-state index in [1.54, 1.807) is 32.0 Å². The van der Waals surface area contributed by atoms with E-state index in [2.05, 4.69) is 4.72 Å². The minimum Gasteiger partial charge on any atom is -0.478 e. The Balaban J connectivity index is 3.31. The molecule has 0 aliphatic heterocycles. The number of hydrogen-bond acceptors (Lipinski definition) is 3. The third kappa shape index (κ3) is 4.18. The number of benzene rings is 1. The molecule has 0 spiro atoms. The van der Waals surface area contributed by atoms with Crippen molar-refractivity contribution in [3.05, 3.63) is 35.4 Å². The van der Waals surface area contributed by atoms with E-state index in [4.69, 9.17) is 5.11 Å². The van der Waals surface area contributed by atoms with Gasteiger partial charge in [-0.25, -0.2) is 17.9 Å². The van der Waals surface area contributed by atoms with Gasteiger partial charge >= 0.3 is 5.97 Å². The molecule has 2 N–H and O–H groups in total. The fraction of sp³-hybridized carbons (Fsp3) is 0.308. The Kier molecular flexibility index (Phi) is 4.85. The number of sulfonamides is 1. The molecule has 0 fully saturated rings. The summed E-state index contributed by atoms with van der Waals surface area (Å²) in [6.45, 7) is 4.86. The Labute approximate surface area is 113 Å². The summed E-state index contributed by atoms with van der Waals surface area (Å²) in [7, 11) is -3.65. The number of carbonyl (C=O) groups is 1. The maximum absolute atomic E-state index is 12.1. The lowest BCUT2D eigenvalue weighted by molar-refractivity contribution is -0.132. The highest BCUT2D eigenvalue weighted by molar-refractivity contribution is 7.89. The maximum Gasteiger partial charge on any atom is 0.331 e. The number of rotatable bonds is 5. The smallest absolute Gasteiger partial charge is 0.331 e. The van der Waals surface area contributed by atoms with Crippen LogP contribution in [-0.2, 0) is 14.8 Å². The minimum absolute atomic E-state index is 0.0734. The van der Waals surface area contributed by atoms with Crippen LogP contribution in [0.3, 0.4) is 0 Å². The van der Waals surface area contributed by atoms with Crippen molar-refractivity contribution in [2.75, 3.05) is 0 Å². The topological polar surface area (TPSA) is 83.5 Å². The van der Waals surface area contributed by atoms with E-state index in [1.807, 2.05) is 0 Å². The van der Waals surface area contributed by atoms with Gasteiger partial charge in [0.1, 0.15) is 0 Å². The molecule has 0 atom stereocenters. The molecule has 1 rings (SSSR count). The van der Waals surface area contributed by atoms with Gasteiger partial charge in [0.2, 0.25) is 10.0 Å². The molecule has 19 heavy (non-hydrogen) atoms. The number of hydrogen-bond donors (Lipinski definition) is 2. The largest absolute Gasteiger partial charge is 0.478 e. The van der Waals surface area contributed by atoms with Crippen molar-refractivity contribution in [3.8, 4) is 0 Å². The van der Waals surface area contributed by atoms with E-state index in [0.29, 0.717) is 5.56 Å². The molecule has 0 aromatic heterocycles. The summed E-state index contributed by atoms with van der Waals surface area (Å²) >= 11 is 0. The molecule has 104 valence electrons. The van der Waals surface area contributed by atoms with Crippen molar-refractivity contribution in [1.82, 2.24) is 4.72 Å². The Bertz CT molecular complexity index is 603. The van der Waals surface area contributed by atoms with Crippen LogP contribution in [0.15, 0.2) is 34.7 Å². The van der Waals surface area contributed by atoms with Gasteiger partial charge in [-0.2, -0.15) is 0 Å². The summed E-state index contributed by atoms with van der Waals surface area (Å²) in [5.74, 6) is -1.08. The van der Waals surface area contributed by atoms with Crippen LogP contribution in [0.25, 0.3) is 6.08 Å². The first-order valence-corrected chi connectivity index (χ1v) is 7.25. The van der Waals surface area contributed by atoms with Crippen molar-refractivity contribution in [2.45, 2.75) is 31.7 Å². The van der Waals surface area contributed by atoms with E-state index in [9.17, 15) is 13.2 Å². The van der Waals surface area contributed by atoms with E-state index in [-0.39, 0.29) is 16.5 Å². The van der Waals surface area contributed by atoms with E-state index < -0.39 is 16.0 Å². The van der Waals surface area contributed by atoms with Gasteiger partial charge in [0.15, 0.2) is 0 Å². The van der Waals surface area contributed by atoms with Crippen molar-refractivity contribution in [1.29, 1.82) is 0 Å². The van der Waals surface area contributed by atoms with Gasteiger partial charge in [0, 0.05) is 11.6 Å². The van der Waals surface area contributed by atoms with E-state index in [0.717, 1.165) is 0 Å². The van der Waals surface area contributed by atoms with Crippen LogP contribution >= 0.6 is 0 Å². The minimum atomic E-state index is -3.65. The highest BCUT2D eigenvalue weighted by Crippen LogP contribution is 2.18. The normalized spacial score (nSPS) is 12.7. The standard InChI is InChI=1S/C13H17NO4S/c1-9(2)14-19(17,18)12-7-5-4-6-11(12)8-10(3)13(15)16/h4-9,14H,1-3H3,(H,15,16). The SMILES string of the molecule is CC(=Cc1ccccc1S(=O)(=O)NC(C)C)C(=O)O. The van der Waals surface area contributed by atoms with Gasteiger partial charge < -0.3 is 5.11 Å². The van der Waals surface area contributed by atoms with Gasteiger partial charge in [-0.1, -0.05) is 18.2 Å². The third-order valence-electron chi connectivity index (χ3n) is 2.31.